The smallest absolute Gasteiger partial charge is 0.248 e. The summed E-state index contributed by atoms with van der Waals surface area (Å²) in [6.07, 6.45) is 16.3. The van der Waals surface area contributed by atoms with Crippen molar-refractivity contribution >= 4 is 94.1 Å². The van der Waals surface area contributed by atoms with Gasteiger partial charge in [0.1, 0.15) is 47.8 Å². The zero-order valence-corrected chi connectivity index (χ0v) is 63.4. The lowest BCUT2D eigenvalue weighted by molar-refractivity contribution is -0.157. The van der Waals surface area contributed by atoms with E-state index in [1.54, 1.807) is 18.9 Å². The highest BCUT2D eigenvalue weighted by atomic mass is 35.5. The summed E-state index contributed by atoms with van der Waals surface area (Å²) in [6, 6.07) is -8.11. The van der Waals surface area contributed by atoms with E-state index in [1.165, 1.54) is 88.4 Å². The van der Waals surface area contributed by atoms with Crippen LogP contribution in [0.3, 0.4) is 0 Å². The zero-order chi connectivity index (χ0) is 73.3. The fraction of sp³-hybridized carbons (Fsp3) is 0.836. The van der Waals surface area contributed by atoms with Crippen LogP contribution in [0.4, 0.5) is 0 Å². The van der Waals surface area contributed by atoms with E-state index in [4.69, 9.17) is 27.9 Å². The van der Waals surface area contributed by atoms with Gasteiger partial charge in [-0.15, -0.1) is 23.2 Å². The number of likely N-dealkylation sites (tertiary alicyclic amines) is 1. The number of fused-ring (bicyclic) bond motifs is 1. The summed E-state index contributed by atoms with van der Waals surface area (Å²) >= 11 is 13.8. The summed E-state index contributed by atoms with van der Waals surface area (Å²) in [5.41, 5.74) is -1.49. The summed E-state index contributed by atoms with van der Waals surface area (Å²) in [6.45, 7) is 7.23. The Hall–Kier alpha value is -5.82. The van der Waals surface area contributed by atoms with E-state index in [2.05, 4.69) is 22.9 Å². The molecule has 25 nitrogen and oxygen atoms in total. The first-order valence-corrected chi connectivity index (χ1v) is 38.6. The molecule has 564 valence electrons. The summed E-state index contributed by atoms with van der Waals surface area (Å²) < 4.78 is 6.26. The molecule has 0 aromatic carbocycles. The molecule has 3 aliphatic heterocycles. The van der Waals surface area contributed by atoms with Crippen LogP contribution in [-0.4, -0.2) is 275 Å². The maximum atomic E-state index is 15.8. The molecule has 4 saturated carbocycles. The molecule has 3 N–H and O–H groups in total. The fourth-order valence-electron chi connectivity index (χ4n) is 16.4. The molecule has 12 amide bonds. The predicted molar refractivity (Wildman–Crippen MR) is 381 cm³/mol. The molecule has 0 aromatic rings. The van der Waals surface area contributed by atoms with Crippen molar-refractivity contribution in [1.82, 2.24) is 60.0 Å². The number of unbranched alkanes of at least 4 members (excludes halogenated alkanes) is 1. The monoisotopic (exact) mass is 1440 g/mol. The summed E-state index contributed by atoms with van der Waals surface area (Å²) in [5, 5.41) is 8.14. The number of halogens is 2. The van der Waals surface area contributed by atoms with E-state index in [0.29, 0.717) is 83.9 Å². The van der Waals surface area contributed by atoms with Gasteiger partial charge in [-0.05, 0) is 127 Å². The molecule has 12 atom stereocenters. The average molecular weight is 1440 g/mol. The highest BCUT2D eigenvalue weighted by Gasteiger charge is 2.52. The second-order valence-electron chi connectivity index (χ2n) is 30.5. The number of rotatable bonds is 13. The maximum Gasteiger partial charge on any atom is 0.248 e. The Morgan fingerprint density at radius 2 is 1.22 bits per heavy atom. The van der Waals surface area contributed by atoms with Crippen molar-refractivity contribution in [2.24, 2.45) is 23.7 Å². The lowest BCUT2D eigenvalue weighted by Gasteiger charge is -2.43. The minimum absolute atomic E-state index is 0.0563. The SMILES string of the molecule is CCCCOC1CC(CC[C@@H]2NC(=O)CN(C)C(=O)[C@H](CC3CCCCC3)N(C)C(=O)CN(C)C(=O)CN(C)C(=O)[C@H]([C@@H](C)CC)NC(=O)[C@H](C)N(C)C(=O)C[C@@H](C(=O)N3CCCCC3)N(C)C(=O)[C@H](C3CCCCC3)N(C)C(=O)C3(CCCC3)NC(=O)[C@@H]3CCCN3C2=O)CC(Cl)C1Cl. The van der Waals surface area contributed by atoms with Gasteiger partial charge in [-0.3, -0.25) is 57.5 Å². The van der Waals surface area contributed by atoms with Gasteiger partial charge in [0.2, 0.25) is 70.9 Å². The van der Waals surface area contributed by atoms with Gasteiger partial charge in [0.05, 0.1) is 42.9 Å². The Morgan fingerprint density at radius 3 is 1.86 bits per heavy atom. The van der Waals surface area contributed by atoms with Crippen molar-refractivity contribution in [2.45, 2.75) is 272 Å². The van der Waals surface area contributed by atoms with Gasteiger partial charge in [0.25, 0.3) is 0 Å². The van der Waals surface area contributed by atoms with Crippen LogP contribution in [0.25, 0.3) is 0 Å². The molecule has 7 rings (SSSR count). The number of likely N-dealkylation sites (N-methyl/N-ethyl adjacent to an activating group) is 7. The van der Waals surface area contributed by atoms with Crippen LogP contribution < -0.4 is 16.0 Å². The van der Waals surface area contributed by atoms with E-state index in [1.807, 2.05) is 6.92 Å². The van der Waals surface area contributed by atoms with Crippen LogP contribution in [0, 0.1) is 23.7 Å². The van der Waals surface area contributed by atoms with Gasteiger partial charge < -0.3 is 64.8 Å². The molecule has 7 fully saturated rings. The molecule has 27 heteroatoms. The Bertz CT molecular complexity index is 2850. The standard InChI is InChI=1S/C73H120Cl2N12O13/c1-12-14-39-100-57-42-50(40-52(74)62(57)75)32-33-53-67(94)87-38-26-31-54(87)66(93)78-73(34-22-23-35-73)72(99)85(11)64(51-29-20-16-21-30-51)71(98)84(10)56(69(96)86-36-24-17-25-37-86)43-59(89)82(8)48(4)65(92)77-63(47(3)13-2)70(97)81(7)45-60(90)79(5)46-61(91)83(9)55(41-49-27-18-15-19-28-49)68(95)80(6)44-58(88)76-53/h47-57,62-64H,12-46H2,1-11H3,(H,76,88)(H,77,92)(H,78,93)/t47-,48-,50?,52?,53-,54-,55-,56-,57?,62?,63-,64-/m0/s1. The number of amides is 12. The largest absolute Gasteiger partial charge is 0.377 e. The molecular formula is C73H120Cl2N12O13. The molecule has 4 unspecified atom stereocenters. The number of ether oxygens (including phenoxy) is 1. The van der Waals surface area contributed by atoms with Crippen LogP contribution in [0.15, 0.2) is 0 Å². The maximum absolute atomic E-state index is 15.8. The number of nitrogens with one attached hydrogen (secondary N) is 3. The molecule has 0 aromatic heterocycles. The van der Waals surface area contributed by atoms with Crippen LogP contribution >= 0.6 is 23.2 Å². The summed E-state index contributed by atoms with van der Waals surface area (Å²) in [4.78, 5) is 191. The first kappa shape index (κ1) is 81.5. The van der Waals surface area contributed by atoms with Crippen molar-refractivity contribution in [1.29, 1.82) is 0 Å². The molecule has 0 radical (unpaired) electrons. The first-order chi connectivity index (χ1) is 47.5. The van der Waals surface area contributed by atoms with Crippen molar-refractivity contribution in [3.05, 3.63) is 0 Å². The van der Waals surface area contributed by atoms with Crippen LogP contribution in [-0.2, 0) is 62.3 Å². The third-order valence-electron chi connectivity index (χ3n) is 23.3. The number of alkyl halides is 2. The number of hydrogen-bond donors (Lipinski definition) is 3. The van der Waals surface area contributed by atoms with Crippen molar-refractivity contribution in [3.8, 4) is 0 Å². The molecule has 100 heavy (non-hydrogen) atoms. The highest BCUT2D eigenvalue weighted by molar-refractivity contribution is 6.30. The average Bonchev–Trinajstić information content (AvgIpc) is 1.44. The van der Waals surface area contributed by atoms with Gasteiger partial charge in [-0.2, -0.15) is 0 Å². The number of nitrogens with zero attached hydrogens (tertiary/aromatic N) is 9. The minimum Gasteiger partial charge on any atom is -0.377 e. The van der Waals surface area contributed by atoms with Gasteiger partial charge in [0.15, 0.2) is 0 Å². The molecule has 3 saturated heterocycles. The van der Waals surface area contributed by atoms with E-state index in [-0.39, 0.29) is 56.1 Å². The number of carbonyl (C=O) groups excluding carboxylic acids is 12. The van der Waals surface area contributed by atoms with E-state index in [9.17, 15) is 38.4 Å². The molecule has 7 aliphatic rings. The second kappa shape index (κ2) is 38.1. The molecule has 0 bridgehead atoms. The van der Waals surface area contributed by atoms with Crippen molar-refractivity contribution < 1.29 is 62.3 Å². The quantitative estimate of drug-likeness (QED) is 0.148. The van der Waals surface area contributed by atoms with E-state index in [0.717, 1.165) is 83.5 Å². The van der Waals surface area contributed by atoms with Crippen molar-refractivity contribution in [2.75, 3.05) is 95.2 Å². The zero-order valence-electron chi connectivity index (χ0n) is 61.9. The van der Waals surface area contributed by atoms with E-state index >= 15 is 19.2 Å². The lowest BCUT2D eigenvalue weighted by Crippen LogP contribution is -2.65. The number of hydrogen-bond acceptors (Lipinski definition) is 13. The Morgan fingerprint density at radius 1 is 0.600 bits per heavy atom. The first-order valence-electron chi connectivity index (χ1n) is 37.7. The topological polar surface area (TPSA) is 279 Å². The Balaban J connectivity index is 1.26. The van der Waals surface area contributed by atoms with Gasteiger partial charge in [-0.25, -0.2) is 0 Å². The molecule has 3 heterocycles. The van der Waals surface area contributed by atoms with E-state index < -0.39 is 161 Å². The van der Waals surface area contributed by atoms with Gasteiger partial charge >= 0.3 is 0 Å². The Labute approximate surface area is 604 Å². The number of piperidine rings is 1. The molecular weight excluding hydrogens is 1320 g/mol. The van der Waals surface area contributed by atoms with Crippen molar-refractivity contribution in [3.63, 3.8) is 0 Å². The third-order valence-corrected chi connectivity index (χ3v) is 24.5. The molecule has 4 aliphatic carbocycles. The number of carbonyl (C=O) groups is 12. The Kier molecular flexibility index (Phi) is 31.0. The normalized spacial score (nSPS) is 30.6. The van der Waals surface area contributed by atoms with Gasteiger partial charge in [0, 0.05) is 75.6 Å². The van der Waals surface area contributed by atoms with Crippen LogP contribution in [0.1, 0.15) is 207 Å². The molecule has 1 spiro atoms. The third kappa shape index (κ3) is 20.8. The second-order valence-corrected chi connectivity index (χ2v) is 31.6. The summed E-state index contributed by atoms with van der Waals surface area (Å²) in [7, 11) is 10.3. The predicted octanol–water partition coefficient (Wildman–Crippen LogP) is 5.68. The fourth-order valence-corrected chi connectivity index (χ4v) is 17.1. The highest BCUT2D eigenvalue weighted by Crippen LogP contribution is 2.39. The minimum atomic E-state index is -1.49. The van der Waals surface area contributed by atoms with Crippen LogP contribution in [0.5, 0.6) is 0 Å². The van der Waals surface area contributed by atoms with Gasteiger partial charge in [-0.1, -0.05) is 97.8 Å². The summed E-state index contributed by atoms with van der Waals surface area (Å²) in [5.74, 6) is -7.61. The van der Waals surface area contributed by atoms with Crippen LogP contribution in [0.2, 0.25) is 0 Å². The lowest BCUT2D eigenvalue weighted by atomic mass is 9.81.